The number of nitrogens with one attached hydrogen (secondary N) is 1. The lowest BCUT2D eigenvalue weighted by atomic mass is 10.3. The molecule has 0 radical (unpaired) electrons. The van der Waals surface area contributed by atoms with Gasteiger partial charge in [0.15, 0.2) is 4.77 Å². The summed E-state index contributed by atoms with van der Waals surface area (Å²) in [5, 5.41) is 0. The lowest BCUT2D eigenvalue weighted by Gasteiger charge is -2.02. The Labute approximate surface area is 115 Å². The molecule has 0 aliphatic rings. The maximum Gasteiger partial charge on any atom is 0.178 e. The smallest absolute Gasteiger partial charge is 0.178 e. The van der Waals surface area contributed by atoms with E-state index < -0.39 is 0 Å². The summed E-state index contributed by atoms with van der Waals surface area (Å²) in [5.74, 6) is -0.311. The second-order valence-electron chi connectivity index (χ2n) is 3.93. The van der Waals surface area contributed by atoms with Crippen LogP contribution < -0.4 is 0 Å². The largest absolute Gasteiger partial charge is 0.472 e. The number of benzene rings is 1. The number of aromatic amines is 1. The van der Waals surface area contributed by atoms with Crippen LogP contribution in [0.1, 0.15) is 5.56 Å². The average Bonchev–Trinajstić information content (AvgIpc) is 2.92. The van der Waals surface area contributed by atoms with E-state index in [2.05, 4.69) is 20.9 Å². The van der Waals surface area contributed by atoms with Gasteiger partial charge < -0.3 is 14.0 Å². The third kappa shape index (κ3) is 1.91. The standard InChI is InChI=1S/C12H8BrFN2OS/c13-8-3-11-10(4-9(8)14)15-12(18)16(11)5-7-1-2-17-6-7/h1-4,6H,5H2,(H,15,18). The van der Waals surface area contributed by atoms with Crippen LogP contribution in [0.2, 0.25) is 0 Å². The first kappa shape index (κ1) is 11.7. The number of halogens is 2. The molecule has 0 amide bonds. The summed E-state index contributed by atoms with van der Waals surface area (Å²) < 4.78 is 21.4. The van der Waals surface area contributed by atoms with E-state index in [0.29, 0.717) is 21.3 Å². The van der Waals surface area contributed by atoms with Crippen molar-refractivity contribution in [3.63, 3.8) is 0 Å². The van der Waals surface area contributed by atoms with Crippen molar-refractivity contribution in [2.24, 2.45) is 0 Å². The van der Waals surface area contributed by atoms with Crippen molar-refractivity contribution in [1.82, 2.24) is 9.55 Å². The van der Waals surface area contributed by atoms with E-state index in [0.717, 1.165) is 11.1 Å². The topological polar surface area (TPSA) is 33.9 Å². The van der Waals surface area contributed by atoms with Gasteiger partial charge in [-0.2, -0.15) is 0 Å². The van der Waals surface area contributed by atoms with E-state index in [1.165, 1.54) is 6.07 Å². The predicted molar refractivity (Wildman–Crippen MR) is 72.6 cm³/mol. The Morgan fingerprint density at radius 3 is 3.00 bits per heavy atom. The molecule has 2 heterocycles. The summed E-state index contributed by atoms with van der Waals surface area (Å²) >= 11 is 8.43. The number of H-pyrrole nitrogens is 1. The number of aromatic nitrogens is 2. The second kappa shape index (κ2) is 4.37. The van der Waals surface area contributed by atoms with Crippen LogP contribution in [-0.4, -0.2) is 9.55 Å². The quantitative estimate of drug-likeness (QED) is 0.714. The Bertz CT molecular complexity index is 760. The zero-order chi connectivity index (χ0) is 12.7. The molecule has 0 spiro atoms. The SMILES string of the molecule is Fc1cc2[nH]c(=S)n(Cc3ccoc3)c2cc1Br. The van der Waals surface area contributed by atoms with Crippen molar-refractivity contribution in [1.29, 1.82) is 0 Å². The van der Waals surface area contributed by atoms with E-state index >= 15 is 0 Å². The van der Waals surface area contributed by atoms with Crippen molar-refractivity contribution in [3.05, 3.63) is 51.3 Å². The molecule has 0 aliphatic carbocycles. The third-order valence-corrected chi connectivity index (χ3v) is 3.67. The van der Waals surface area contributed by atoms with E-state index in [-0.39, 0.29) is 5.82 Å². The minimum Gasteiger partial charge on any atom is -0.472 e. The summed E-state index contributed by atoms with van der Waals surface area (Å²) in [7, 11) is 0. The molecule has 1 N–H and O–H groups in total. The number of furan rings is 1. The van der Waals surface area contributed by atoms with Crippen molar-refractivity contribution >= 4 is 39.2 Å². The molecule has 6 heteroatoms. The number of hydrogen-bond donors (Lipinski definition) is 1. The van der Waals surface area contributed by atoms with Crippen LogP contribution in [0.3, 0.4) is 0 Å². The van der Waals surface area contributed by atoms with Crippen molar-refractivity contribution in [2.45, 2.75) is 6.54 Å². The summed E-state index contributed by atoms with van der Waals surface area (Å²) in [6.07, 6.45) is 3.28. The summed E-state index contributed by atoms with van der Waals surface area (Å²) in [5.41, 5.74) is 2.55. The maximum absolute atomic E-state index is 13.4. The van der Waals surface area contributed by atoms with E-state index in [4.69, 9.17) is 16.6 Å². The minimum absolute atomic E-state index is 0.311. The van der Waals surface area contributed by atoms with Crippen LogP contribution in [0, 0.1) is 10.6 Å². The molecule has 18 heavy (non-hydrogen) atoms. The van der Waals surface area contributed by atoms with Gasteiger partial charge in [0.05, 0.1) is 34.6 Å². The average molecular weight is 327 g/mol. The molecule has 0 unspecified atom stereocenters. The number of imidazole rings is 1. The first-order valence-corrected chi connectivity index (χ1v) is 6.44. The minimum atomic E-state index is -0.311. The van der Waals surface area contributed by atoms with Crippen LogP contribution >= 0.6 is 28.1 Å². The number of fused-ring (bicyclic) bond motifs is 1. The fourth-order valence-corrected chi connectivity index (χ4v) is 2.48. The van der Waals surface area contributed by atoms with Crippen molar-refractivity contribution in [3.8, 4) is 0 Å². The number of rotatable bonds is 2. The summed E-state index contributed by atoms with van der Waals surface area (Å²) in [6.45, 7) is 0.591. The highest BCUT2D eigenvalue weighted by molar-refractivity contribution is 9.10. The zero-order valence-electron chi connectivity index (χ0n) is 9.11. The van der Waals surface area contributed by atoms with Gasteiger partial charge in [-0.1, -0.05) is 0 Å². The molecular formula is C12H8BrFN2OS. The van der Waals surface area contributed by atoms with Crippen molar-refractivity contribution < 1.29 is 8.81 Å². The van der Waals surface area contributed by atoms with Gasteiger partial charge in [-0.15, -0.1) is 0 Å². The Kier molecular flexibility index (Phi) is 2.83. The molecule has 0 fully saturated rings. The lowest BCUT2D eigenvalue weighted by Crippen LogP contribution is -1.98. The fourth-order valence-electron chi connectivity index (χ4n) is 1.87. The highest BCUT2D eigenvalue weighted by Gasteiger charge is 2.09. The highest BCUT2D eigenvalue weighted by atomic mass is 79.9. The van der Waals surface area contributed by atoms with Gasteiger partial charge in [-0.05, 0) is 40.3 Å². The van der Waals surface area contributed by atoms with Crippen LogP contribution in [0.25, 0.3) is 11.0 Å². The maximum atomic E-state index is 13.4. The first-order valence-electron chi connectivity index (χ1n) is 5.24. The Morgan fingerprint density at radius 1 is 1.44 bits per heavy atom. The molecule has 3 rings (SSSR count). The van der Waals surface area contributed by atoms with Gasteiger partial charge in [-0.3, -0.25) is 0 Å². The first-order chi connectivity index (χ1) is 8.65. The van der Waals surface area contributed by atoms with Crippen LogP contribution in [0.15, 0.2) is 39.6 Å². The van der Waals surface area contributed by atoms with Gasteiger partial charge in [0.25, 0.3) is 0 Å². The van der Waals surface area contributed by atoms with Gasteiger partial charge in [-0.25, -0.2) is 4.39 Å². The molecule has 0 saturated heterocycles. The van der Waals surface area contributed by atoms with Gasteiger partial charge in [0, 0.05) is 11.6 Å². The number of nitrogens with zero attached hydrogens (tertiary/aromatic N) is 1. The van der Waals surface area contributed by atoms with Crippen LogP contribution in [0.5, 0.6) is 0 Å². The second-order valence-corrected chi connectivity index (χ2v) is 5.17. The number of hydrogen-bond acceptors (Lipinski definition) is 2. The molecular weight excluding hydrogens is 319 g/mol. The van der Waals surface area contributed by atoms with E-state index in [9.17, 15) is 4.39 Å². The zero-order valence-corrected chi connectivity index (χ0v) is 11.5. The predicted octanol–water partition coefficient (Wildman–Crippen LogP) is 4.24. The Morgan fingerprint density at radius 2 is 2.28 bits per heavy atom. The highest BCUT2D eigenvalue weighted by Crippen LogP contribution is 2.24. The monoisotopic (exact) mass is 326 g/mol. The molecule has 1 aromatic carbocycles. The molecule has 2 aromatic heterocycles. The fraction of sp³-hybridized carbons (Fsp3) is 0.0833. The normalized spacial score (nSPS) is 11.2. The third-order valence-electron chi connectivity index (χ3n) is 2.74. The van der Waals surface area contributed by atoms with Gasteiger partial charge in [0.1, 0.15) is 5.82 Å². The molecule has 0 saturated carbocycles. The lowest BCUT2D eigenvalue weighted by molar-refractivity contribution is 0.562. The van der Waals surface area contributed by atoms with E-state index in [1.54, 1.807) is 18.6 Å². The summed E-state index contributed by atoms with van der Waals surface area (Å²) in [6, 6.07) is 5.03. The molecule has 0 aliphatic heterocycles. The Hall–Kier alpha value is -1.40. The molecule has 92 valence electrons. The summed E-state index contributed by atoms with van der Waals surface area (Å²) in [4.78, 5) is 2.99. The molecule has 3 nitrogen and oxygen atoms in total. The molecule has 0 bridgehead atoms. The van der Waals surface area contributed by atoms with Crippen LogP contribution in [0.4, 0.5) is 4.39 Å². The van der Waals surface area contributed by atoms with Crippen molar-refractivity contribution in [2.75, 3.05) is 0 Å². The molecule has 3 aromatic rings. The van der Waals surface area contributed by atoms with E-state index in [1.807, 2.05) is 10.6 Å². The van der Waals surface area contributed by atoms with Gasteiger partial charge >= 0.3 is 0 Å². The van der Waals surface area contributed by atoms with Crippen LogP contribution in [-0.2, 0) is 6.54 Å². The van der Waals surface area contributed by atoms with Gasteiger partial charge in [0.2, 0.25) is 0 Å². The Balaban J connectivity index is 2.19. The molecule has 0 atom stereocenters.